The highest BCUT2D eigenvalue weighted by Crippen LogP contribution is 2.20. The number of nitrogens with zero attached hydrogens (tertiary/aromatic N) is 1. The van der Waals surface area contributed by atoms with Gasteiger partial charge in [-0.25, -0.2) is 6.57 Å². The third-order valence-corrected chi connectivity index (χ3v) is 3.02. The fourth-order valence-corrected chi connectivity index (χ4v) is 2.21. The molecule has 0 aliphatic rings. The molecule has 0 radical (unpaired) electrons. The SMILES string of the molecule is [C-]#[N+]C[C@H](OC(C)=O)[C@@H](OC(C)=O)[C@H](OC(C)=O)[C@@H](COC(C)=O)OC(C)=O. The van der Waals surface area contributed by atoms with Crippen LogP contribution in [-0.4, -0.2) is 67.4 Å². The van der Waals surface area contributed by atoms with Gasteiger partial charge in [0.15, 0.2) is 18.3 Å². The van der Waals surface area contributed by atoms with Crippen molar-refractivity contribution in [3.8, 4) is 0 Å². The molecular weight excluding hydrogens is 378 g/mol. The Hall–Kier alpha value is -3.16. The molecule has 156 valence electrons. The van der Waals surface area contributed by atoms with Gasteiger partial charge in [0.1, 0.15) is 6.61 Å². The van der Waals surface area contributed by atoms with Crippen LogP contribution < -0.4 is 0 Å². The molecule has 0 aromatic rings. The molecular formula is C17H23NO10. The maximum Gasteiger partial charge on any atom is 0.303 e. The van der Waals surface area contributed by atoms with Gasteiger partial charge in [-0.05, 0) is 0 Å². The molecule has 0 fully saturated rings. The van der Waals surface area contributed by atoms with Crippen molar-refractivity contribution in [2.24, 2.45) is 0 Å². The van der Waals surface area contributed by atoms with E-state index in [4.69, 9.17) is 30.3 Å². The van der Waals surface area contributed by atoms with Gasteiger partial charge < -0.3 is 28.5 Å². The molecule has 0 spiro atoms. The highest BCUT2D eigenvalue weighted by atomic mass is 16.6. The standard InChI is InChI=1S/C17H23NO10/c1-9(19)24-8-15(26-11(3)21)17(28-13(5)23)16(27-12(4)22)14(7-18-6)25-10(2)20/h14-17H,7-8H2,1-5H3/t14-,15+,16+,17+/m0/s1. The molecule has 4 atom stereocenters. The quantitative estimate of drug-likeness (QED) is 0.283. The van der Waals surface area contributed by atoms with Crippen LogP contribution in [0, 0.1) is 6.57 Å². The molecule has 28 heavy (non-hydrogen) atoms. The zero-order valence-corrected chi connectivity index (χ0v) is 16.3. The van der Waals surface area contributed by atoms with Crippen LogP contribution in [0.3, 0.4) is 0 Å². The van der Waals surface area contributed by atoms with Crippen LogP contribution in [0.1, 0.15) is 34.6 Å². The second-order valence-corrected chi connectivity index (χ2v) is 5.59. The average Bonchev–Trinajstić information content (AvgIpc) is 2.53. The van der Waals surface area contributed by atoms with Crippen LogP contribution >= 0.6 is 0 Å². The fourth-order valence-electron chi connectivity index (χ4n) is 2.21. The lowest BCUT2D eigenvalue weighted by Gasteiger charge is -2.33. The van der Waals surface area contributed by atoms with E-state index in [0.717, 1.165) is 34.6 Å². The number of hydrogen-bond acceptors (Lipinski definition) is 10. The molecule has 0 unspecified atom stereocenters. The van der Waals surface area contributed by atoms with Crippen molar-refractivity contribution >= 4 is 29.8 Å². The molecule has 0 aliphatic carbocycles. The van der Waals surface area contributed by atoms with E-state index in [1.165, 1.54) is 0 Å². The van der Waals surface area contributed by atoms with Crippen LogP contribution in [0.5, 0.6) is 0 Å². The maximum atomic E-state index is 11.6. The van der Waals surface area contributed by atoms with Crippen molar-refractivity contribution in [3.05, 3.63) is 11.4 Å². The van der Waals surface area contributed by atoms with E-state index >= 15 is 0 Å². The summed E-state index contributed by atoms with van der Waals surface area (Å²) in [4.78, 5) is 60.3. The summed E-state index contributed by atoms with van der Waals surface area (Å²) in [5.41, 5.74) is 0. The van der Waals surface area contributed by atoms with E-state index in [2.05, 4.69) is 4.85 Å². The Morgan fingerprint density at radius 1 is 0.679 bits per heavy atom. The van der Waals surface area contributed by atoms with Gasteiger partial charge in [0.25, 0.3) is 6.54 Å². The third kappa shape index (κ3) is 10.1. The van der Waals surface area contributed by atoms with Crippen LogP contribution in [0.15, 0.2) is 0 Å². The minimum atomic E-state index is -1.52. The summed E-state index contributed by atoms with van der Waals surface area (Å²) in [5.74, 6) is -3.97. The first-order chi connectivity index (χ1) is 13.0. The highest BCUT2D eigenvalue weighted by molar-refractivity contribution is 5.69. The minimum absolute atomic E-state index is 0.435. The Labute approximate surface area is 162 Å². The van der Waals surface area contributed by atoms with Crippen molar-refractivity contribution in [3.63, 3.8) is 0 Å². The van der Waals surface area contributed by atoms with Crippen molar-refractivity contribution in [2.75, 3.05) is 13.2 Å². The van der Waals surface area contributed by atoms with E-state index in [9.17, 15) is 24.0 Å². The van der Waals surface area contributed by atoms with Gasteiger partial charge in [-0.15, -0.1) is 0 Å². The topological polar surface area (TPSA) is 136 Å². The molecule has 0 saturated carbocycles. The molecule has 11 nitrogen and oxygen atoms in total. The Kier molecular flexibility index (Phi) is 10.9. The molecule has 0 N–H and O–H groups in total. The van der Waals surface area contributed by atoms with E-state index in [1.54, 1.807) is 0 Å². The lowest BCUT2D eigenvalue weighted by atomic mass is 10.0. The zero-order valence-electron chi connectivity index (χ0n) is 16.3. The Bertz CT molecular complexity index is 638. The molecule has 0 aromatic carbocycles. The Balaban J connectivity index is 6.10. The lowest BCUT2D eigenvalue weighted by molar-refractivity contribution is -0.201. The van der Waals surface area contributed by atoms with Crippen LogP contribution in [0.4, 0.5) is 0 Å². The molecule has 0 rings (SSSR count). The maximum absolute atomic E-state index is 11.6. The summed E-state index contributed by atoms with van der Waals surface area (Å²) in [7, 11) is 0. The van der Waals surface area contributed by atoms with Gasteiger partial charge in [0.2, 0.25) is 6.10 Å². The number of rotatable bonds is 10. The van der Waals surface area contributed by atoms with E-state index in [0.29, 0.717) is 0 Å². The third-order valence-electron chi connectivity index (χ3n) is 3.02. The summed E-state index contributed by atoms with van der Waals surface area (Å²) < 4.78 is 25.2. The Morgan fingerprint density at radius 3 is 1.43 bits per heavy atom. The molecule has 0 heterocycles. The second kappa shape index (κ2) is 12.3. The smallest absolute Gasteiger partial charge is 0.303 e. The number of hydrogen-bond donors (Lipinski definition) is 0. The molecule has 0 aliphatic heterocycles. The summed E-state index contributed by atoms with van der Waals surface area (Å²) in [6, 6.07) is 0. The van der Waals surface area contributed by atoms with Crippen molar-refractivity contribution in [1.29, 1.82) is 0 Å². The van der Waals surface area contributed by atoms with Gasteiger partial charge in [-0.2, -0.15) is 0 Å². The van der Waals surface area contributed by atoms with Crippen LogP contribution in [0.2, 0.25) is 0 Å². The zero-order chi connectivity index (χ0) is 21.9. The highest BCUT2D eigenvalue weighted by Gasteiger charge is 2.45. The number of ether oxygens (including phenoxy) is 5. The molecule has 0 bridgehead atoms. The first-order valence-corrected chi connectivity index (χ1v) is 8.13. The first-order valence-electron chi connectivity index (χ1n) is 8.13. The summed E-state index contributed by atoms with van der Waals surface area (Å²) in [6.07, 6.45) is -5.74. The minimum Gasteiger partial charge on any atom is -0.462 e. The van der Waals surface area contributed by atoms with Crippen LogP contribution in [0.25, 0.3) is 4.85 Å². The summed E-state index contributed by atoms with van der Waals surface area (Å²) in [6.45, 7) is 11.4. The Morgan fingerprint density at radius 2 is 1.07 bits per heavy atom. The lowest BCUT2D eigenvalue weighted by Crippen LogP contribution is -2.53. The molecule has 0 amide bonds. The number of carbonyl (C=O) groups is 5. The van der Waals surface area contributed by atoms with E-state index in [-0.39, 0.29) is 0 Å². The fraction of sp³-hybridized carbons (Fsp3) is 0.647. The first kappa shape index (κ1) is 24.8. The molecule has 0 saturated heterocycles. The molecule has 11 heteroatoms. The monoisotopic (exact) mass is 401 g/mol. The second-order valence-electron chi connectivity index (χ2n) is 5.59. The van der Waals surface area contributed by atoms with Crippen molar-refractivity contribution in [2.45, 2.75) is 59.0 Å². The van der Waals surface area contributed by atoms with E-state index < -0.39 is 67.4 Å². The number of carbonyl (C=O) groups excluding carboxylic acids is 5. The average molecular weight is 401 g/mol. The van der Waals surface area contributed by atoms with Gasteiger partial charge in [-0.3, -0.25) is 24.0 Å². The predicted molar refractivity (Wildman–Crippen MR) is 90.3 cm³/mol. The summed E-state index contributed by atoms with van der Waals surface area (Å²) >= 11 is 0. The van der Waals surface area contributed by atoms with Gasteiger partial charge in [0.05, 0.1) is 0 Å². The van der Waals surface area contributed by atoms with Crippen LogP contribution in [-0.2, 0) is 47.7 Å². The molecule has 0 aromatic heterocycles. The van der Waals surface area contributed by atoms with Crippen molar-refractivity contribution in [1.82, 2.24) is 0 Å². The van der Waals surface area contributed by atoms with Gasteiger partial charge in [0, 0.05) is 34.6 Å². The predicted octanol–water partition coefficient (Wildman–Crippen LogP) is 0.196. The summed E-state index contributed by atoms with van der Waals surface area (Å²) in [5, 5.41) is 0. The van der Waals surface area contributed by atoms with Gasteiger partial charge in [-0.1, -0.05) is 0 Å². The van der Waals surface area contributed by atoms with Gasteiger partial charge >= 0.3 is 29.8 Å². The largest absolute Gasteiger partial charge is 0.462 e. The number of esters is 5. The van der Waals surface area contributed by atoms with E-state index in [1.807, 2.05) is 0 Å². The normalized spacial score (nSPS) is 14.3. The van der Waals surface area contributed by atoms with Crippen molar-refractivity contribution < 1.29 is 47.7 Å².